The number of benzene rings is 2. The molecule has 0 atom stereocenters. The molecule has 2 aromatic rings. The first-order chi connectivity index (χ1) is 11.5. The van der Waals surface area contributed by atoms with Crippen molar-refractivity contribution in [3.05, 3.63) is 71.8 Å². The smallest absolute Gasteiger partial charge is 0.215 e. The first-order valence-electron chi connectivity index (χ1n) is 8.36. The van der Waals surface area contributed by atoms with Gasteiger partial charge in [-0.15, -0.1) is 0 Å². The molecule has 0 spiro atoms. The van der Waals surface area contributed by atoms with E-state index >= 15 is 0 Å². The molecule has 128 valence electrons. The molecule has 0 saturated carbocycles. The second-order valence-corrected chi connectivity index (χ2v) is 9.19. The minimum absolute atomic E-state index is 0.240. The summed E-state index contributed by atoms with van der Waals surface area (Å²) in [6.07, 6.45) is 0. The van der Waals surface area contributed by atoms with Crippen molar-refractivity contribution in [3.63, 3.8) is 0 Å². The number of piperazine rings is 1. The Labute approximate surface area is 144 Å². The zero-order valence-corrected chi connectivity index (χ0v) is 15.2. The van der Waals surface area contributed by atoms with Crippen molar-refractivity contribution in [2.45, 2.75) is 6.04 Å². The third kappa shape index (κ3) is 4.55. The van der Waals surface area contributed by atoms with Crippen LogP contribution in [0.25, 0.3) is 0 Å². The fourth-order valence-electron chi connectivity index (χ4n) is 3.21. The van der Waals surface area contributed by atoms with Crippen LogP contribution in [0.5, 0.6) is 0 Å². The van der Waals surface area contributed by atoms with Crippen molar-refractivity contribution in [3.8, 4) is 0 Å². The molecule has 3 rings (SSSR count). The molecule has 0 aromatic heterocycles. The molecule has 0 bridgehead atoms. The Morgan fingerprint density at radius 2 is 1.29 bits per heavy atom. The third-order valence-corrected chi connectivity index (χ3v) is 4.81. The van der Waals surface area contributed by atoms with E-state index in [1.807, 2.05) is 5.06 Å². The Kier molecular flexibility index (Phi) is 5.52. The van der Waals surface area contributed by atoms with Gasteiger partial charge < -0.3 is 0 Å². The van der Waals surface area contributed by atoms with Crippen LogP contribution in [0.4, 0.5) is 0 Å². The summed E-state index contributed by atoms with van der Waals surface area (Å²) in [4.78, 5) is 2.47. The van der Waals surface area contributed by atoms with Crippen molar-refractivity contribution in [1.29, 1.82) is 0 Å². The van der Waals surface area contributed by atoms with Crippen molar-refractivity contribution >= 4 is 7.37 Å². The predicted octanol–water partition coefficient (Wildman–Crippen LogP) is 3.86. The molecule has 0 aliphatic carbocycles. The number of hydrogen-bond acceptors (Lipinski definition) is 4. The van der Waals surface area contributed by atoms with Gasteiger partial charge in [-0.25, -0.2) is 4.62 Å². The molecule has 0 unspecified atom stereocenters. The molecule has 1 aliphatic rings. The zero-order valence-electron chi connectivity index (χ0n) is 14.3. The van der Waals surface area contributed by atoms with Crippen LogP contribution < -0.4 is 0 Å². The van der Waals surface area contributed by atoms with E-state index in [4.69, 9.17) is 4.62 Å². The van der Waals surface area contributed by atoms with Crippen molar-refractivity contribution < 1.29 is 9.19 Å². The lowest BCUT2D eigenvalue weighted by molar-refractivity contribution is -0.0891. The molecule has 2 aromatic carbocycles. The van der Waals surface area contributed by atoms with Gasteiger partial charge in [0.25, 0.3) is 0 Å². The van der Waals surface area contributed by atoms with Crippen LogP contribution in [0, 0.1) is 0 Å². The van der Waals surface area contributed by atoms with Gasteiger partial charge in [0.1, 0.15) is 0 Å². The standard InChI is InChI=1S/C19H25N2O2P/c1-24(2,22)23-21-15-13-20(14-16-21)19(17-9-5-3-6-10-17)18-11-7-4-8-12-18/h3-12,19H,13-16H2,1-2H3. The quantitative estimate of drug-likeness (QED) is 0.771. The molecule has 24 heavy (non-hydrogen) atoms. The Hall–Kier alpha value is -1.45. The molecule has 5 heteroatoms. The summed E-state index contributed by atoms with van der Waals surface area (Å²) >= 11 is 0. The van der Waals surface area contributed by atoms with Crippen molar-refractivity contribution in [2.24, 2.45) is 0 Å². The molecule has 1 saturated heterocycles. The fourth-order valence-corrected chi connectivity index (χ4v) is 3.93. The van der Waals surface area contributed by atoms with Gasteiger partial charge in [-0.1, -0.05) is 60.7 Å². The first-order valence-corrected chi connectivity index (χ1v) is 10.9. The second-order valence-electron chi connectivity index (χ2n) is 6.52. The van der Waals surface area contributed by atoms with Crippen LogP contribution in [0.3, 0.4) is 0 Å². The molecule has 1 fully saturated rings. The van der Waals surface area contributed by atoms with Gasteiger partial charge in [0.2, 0.25) is 7.37 Å². The summed E-state index contributed by atoms with van der Waals surface area (Å²) in [5.74, 6) is 0. The van der Waals surface area contributed by atoms with Gasteiger partial charge in [-0.3, -0.25) is 9.46 Å². The topological polar surface area (TPSA) is 32.8 Å². The number of rotatable bonds is 5. The predicted molar refractivity (Wildman–Crippen MR) is 98.4 cm³/mol. The highest BCUT2D eigenvalue weighted by atomic mass is 31.2. The maximum absolute atomic E-state index is 11.9. The van der Waals surface area contributed by atoms with E-state index in [1.54, 1.807) is 13.3 Å². The summed E-state index contributed by atoms with van der Waals surface area (Å²) in [7, 11) is -2.49. The highest BCUT2D eigenvalue weighted by molar-refractivity contribution is 7.57. The Morgan fingerprint density at radius 3 is 1.71 bits per heavy atom. The summed E-state index contributed by atoms with van der Waals surface area (Å²) in [6.45, 7) is 6.62. The molecule has 4 nitrogen and oxygen atoms in total. The van der Waals surface area contributed by atoms with E-state index in [2.05, 4.69) is 65.6 Å². The summed E-state index contributed by atoms with van der Waals surface area (Å²) in [6, 6.07) is 21.5. The average molecular weight is 344 g/mol. The van der Waals surface area contributed by atoms with Crippen molar-refractivity contribution in [1.82, 2.24) is 9.96 Å². The molecule has 1 aliphatic heterocycles. The average Bonchev–Trinajstić information content (AvgIpc) is 2.57. The highest BCUT2D eigenvalue weighted by Gasteiger charge is 2.28. The SMILES string of the molecule is CP(C)(=O)ON1CCN(C(c2ccccc2)c2ccccc2)CC1. The number of hydroxylamine groups is 2. The molecule has 0 amide bonds. The lowest BCUT2D eigenvalue weighted by Gasteiger charge is -2.39. The zero-order chi connectivity index (χ0) is 17.0. The minimum Gasteiger partial charge on any atom is -0.292 e. The van der Waals surface area contributed by atoms with Crippen LogP contribution >= 0.6 is 7.37 Å². The monoisotopic (exact) mass is 344 g/mol. The summed E-state index contributed by atoms with van der Waals surface area (Å²) < 4.78 is 17.4. The normalized spacial score (nSPS) is 17.3. The highest BCUT2D eigenvalue weighted by Crippen LogP contribution is 2.39. The molecule has 1 heterocycles. The summed E-state index contributed by atoms with van der Waals surface area (Å²) in [5.41, 5.74) is 2.60. The Bertz CT molecular complexity index is 640. The van der Waals surface area contributed by atoms with Gasteiger partial charge in [0.15, 0.2) is 0 Å². The number of hydrogen-bond donors (Lipinski definition) is 0. The van der Waals surface area contributed by atoms with E-state index in [-0.39, 0.29) is 6.04 Å². The molecular formula is C19H25N2O2P. The maximum atomic E-state index is 11.9. The Balaban J connectivity index is 1.77. The van der Waals surface area contributed by atoms with Crippen LogP contribution in [-0.2, 0) is 9.19 Å². The lowest BCUT2D eigenvalue weighted by atomic mass is 9.96. The maximum Gasteiger partial charge on any atom is 0.215 e. The van der Waals surface area contributed by atoms with E-state index in [0.29, 0.717) is 0 Å². The van der Waals surface area contributed by atoms with Crippen LogP contribution in [0.1, 0.15) is 17.2 Å². The molecule has 0 radical (unpaired) electrons. The lowest BCUT2D eigenvalue weighted by Crippen LogP contribution is -2.47. The van der Waals surface area contributed by atoms with Crippen LogP contribution in [0.2, 0.25) is 0 Å². The van der Waals surface area contributed by atoms with Gasteiger partial charge in [0.05, 0.1) is 6.04 Å². The second kappa shape index (κ2) is 7.62. The van der Waals surface area contributed by atoms with Gasteiger partial charge in [-0.2, -0.15) is 5.06 Å². The van der Waals surface area contributed by atoms with E-state index in [9.17, 15) is 4.57 Å². The minimum atomic E-state index is -2.49. The first kappa shape index (κ1) is 17.4. The largest absolute Gasteiger partial charge is 0.292 e. The van der Waals surface area contributed by atoms with Crippen molar-refractivity contribution in [2.75, 3.05) is 39.5 Å². The fraction of sp³-hybridized carbons (Fsp3) is 0.368. The van der Waals surface area contributed by atoms with Gasteiger partial charge in [-0.05, 0) is 11.1 Å². The Morgan fingerprint density at radius 1 is 0.833 bits per heavy atom. The molecular weight excluding hydrogens is 319 g/mol. The van der Waals surface area contributed by atoms with Crippen LogP contribution in [-0.4, -0.2) is 49.5 Å². The van der Waals surface area contributed by atoms with Gasteiger partial charge in [0, 0.05) is 39.5 Å². The van der Waals surface area contributed by atoms with Crippen LogP contribution in [0.15, 0.2) is 60.7 Å². The third-order valence-electron chi connectivity index (χ3n) is 4.18. The molecule has 0 N–H and O–H groups in total. The van der Waals surface area contributed by atoms with E-state index < -0.39 is 7.37 Å². The number of nitrogens with zero attached hydrogens (tertiary/aromatic N) is 2. The van der Waals surface area contributed by atoms with Gasteiger partial charge >= 0.3 is 0 Å². The van der Waals surface area contributed by atoms with E-state index in [0.717, 1.165) is 26.2 Å². The summed E-state index contributed by atoms with van der Waals surface area (Å²) in [5, 5.41) is 1.85. The van der Waals surface area contributed by atoms with E-state index in [1.165, 1.54) is 11.1 Å².